The van der Waals surface area contributed by atoms with Crippen LogP contribution in [0.25, 0.3) is 73.2 Å². The van der Waals surface area contributed by atoms with Crippen LogP contribution in [0.5, 0.6) is 0 Å². The molecule has 0 bridgehead atoms. The molecule has 5 aromatic carbocycles. The normalized spacial score (nSPS) is 13.9. The molecular formula is C44H38N3P. The summed E-state index contributed by atoms with van der Waals surface area (Å²) < 4.78 is 2.48. The van der Waals surface area contributed by atoms with Crippen molar-refractivity contribution in [2.45, 2.75) is 46.0 Å². The first-order chi connectivity index (χ1) is 23.6. The van der Waals surface area contributed by atoms with Crippen LogP contribution < -0.4 is 10.6 Å². The molecule has 4 heteroatoms. The number of hydrogen-bond acceptors (Lipinski definition) is 2. The van der Waals surface area contributed by atoms with Gasteiger partial charge in [0.15, 0.2) is 5.82 Å². The summed E-state index contributed by atoms with van der Waals surface area (Å²) in [6.07, 6.45) is 6.98. The summed E-state index contributed by atoms with van der Waals surface area (Å²) in [5.74, 6) is 0.752. The first-order valence-electron chi connectivity index (χ1n) is 17.0. The van der Waals surface area contributed by atoms with Crippen LogP contribution in [0.2, 0.25) is 0 Å². The first kappa shape index (κ1) is 30.2. The van der Waals surface area contributed by atoms with E-state index in [0.717, 1.165) is 60.1 Å². The highest BCUT2D eigenvalue weighted by Crippen LogP contribution is 2.49. The molecular weight excluding hydrogens is 601 g/mol. The molecule has 2 aliphatic carbocycles. The van der Waals surface area contributed by atoms with Gasteiger partial charge in [-0.25, -0.2) is 9.97 Å². The largest absolute Gasteiger partial charge is 0.310 e. The second-order valence-corrected chi connectivity index (χ2v) is 13.9. The maximum absolute atomic E-state index is 5.17. The Morgan fingerprint density at radius 1 is 0.604 bits per heavy atom. The molecule has 2 aliphatic rings. The topological polar surface area (TPSA) is 30.7 Å². The zero-order valence-corrected chi connectivity index (χ0v) is 28.8. The molecule has 2 aromatic heterocycles. The molecule has 7 aromatic rings. The minimum Gasteiger partial charge on any atom is -0.310 e. The Bertz CT molecular complexity index is 2380. The van der Waals surface area contributed by atoms with Crippen molar-refractivity contribution in [3.8, 4) is 50.2 Å². The van der Waals surface area contributed by atoms with Crippen molar-refractivity contribution in [2.75, 3.05) is 0 Å². The lowest BCUT2D eigenvalue weighted by Gasteiger charge is -2.21. The van der Waals surface area contributed by atoms with E-state index in [9.17, 15) is 0 Å². The summed E-state index contributed by atoms with van der Waals surface area (Å²) in [5, 5.41) is 3.97. The molecule has 0 saturated heterocycles. The van der Waals surface area contributed by atoms with Crippen molar-refractivity contribution < 1.29 is 0 Å². The van der Waals surface area contributed by atoms with Crippen LogP contribution in [0.1, 0.15) is 51.7 Å². The molecule has 2 heterocycles. The molecule has 9 rings (SSSR count). The highest BCUT2D eigenvalue weighted by molar-refractivity contribution is 7.37. The summed E-state index contributed by atoms with van der Waals surface area (Å²) in [6.45, 7) is 8.73. The van der Waals surface area contributed by atoms with E-state index in [2.05, 4.69) is 134 Å². The molecule has 3 nitrogen and oxygen atoms in total. The van der Waals surface area contributed by atoms with Gasteiger partial charge in [0.05, 0.1) is 5.52 Å². The molecule has 0 N–H and O–H groups in total. The van der Waals surface area contributed by atoms with Crippen LogP contribution in [0.3, 0.4) is 0 Å². The molecule has 234 valence electrons. The zero-order chi connectivity index (χ0) is 32.8. The molecule has 0 atom stereocenters. The summed E-state index contributed by atoms with van der Waals surface area (Å²) in [7, 11) is 0.996. The third-order valence-corrected chi connectivity index (χ3v) is 10.8. The molecule has 0 amide bonds. The first-order valence-corrected chi connectivity index (χ1v) is 17.9. The fourth-order valence-electron chi connectivity index (χ4n) is 7.39. The van der Waals surface area contributed by atoms with E-state index in [0.29, 0.717) is 0 Å². The lowest BCUT2D eigenvalue weighted by atomic mass is 9.82. The molecule has 0 saturated carbocycles. The lowest BCUT2D eigenvalue weighted by Crippen LogP contribution is -2.30. The number of benzene rings is 5. The highest BCUT2D eigenvalue weighted by Gasteiger charge is 2.36. The molecule has 0 unspecified atom stereocenters. The maximum Gasteiger partial charge on any atom is 0.161 e. The van der Waals surface area contributed by atoms with Crippen LogP contribution in [0, 0.1) is 0 Å². The van der Waals surface area contributed by atoms with E-state index >= 15 is 0 Å². The molecule has 48 heavy (non-hydrogen) atoms. The van der Waals surface area contributed by atoms with Gasteiger partial charge in [-0.1, -0.05) is 137 Å². The summed E-state index contributed by atoms with van der Waals surface area (Å²) >= 11 is 0. The Morgan fingerprint density at radius 3 is 2.02 bits per heavy atom. The van der Waals surface area contributed by atoms with E-state index in [-0.39, 0.29) is 5.41 Å². The minimum absolute atomic E-state index is 0.0580. The molecule has 0 fully saturated rings. The van der Waals surface area contributed by atoms with Crippen LogP contribution in [-0.2, 0) is 5.41 Å². The van der Waals surface area contributed by atoms with Crippen LogP contribution in [-0.4, -0.2) is 14.5 Å². The predicted molar refractivity (Wildman–Crippen MR) is 204 cm³/mol. The SMILES string of the molecule is CC.CC1(C)c2ccccc2-c2cc3c4c(n(-c5cccc(-c6nc(-c7ccccc7)nc(-c7ccccc7)p6)c5)c3cc21)=CCCC=4. The van der Waals surface area contributed by atoms with E-state index < -0.39 is 0 Å². The third kappa shape index (κ3) is 4.93. The van der Waals surface area contributed by atoms with Crippen molar-refractivity contribution in [3.05, 3.63) is 143 Å². The van der Waals surface area contributed by atoms with Gasteiger partial charge in [-0.15, -0.1) is 0 Å². The number of fused-ring (bicyclic) bond motifs is 6. The standard InChI is InChI=1S/C42H32N3P.C2H6/c1-42(2)35-22-11-9-20-31(35)33-25-34-32-21-10-12-23-37(32)45(38(34)26-36(33)42)30-19-13-18-29(24-30)41-44-39(27-14-5-3-6-15-27)43-40(46-41)28-16-7-4-8-17-28;1-2/h3-9,11,13-26H,10,12H2,1-2H3;1-2H3. The predicted octanol–water partition coefficient (Wildman–Crippen LogP) is 10.7. The highest BCUT2D eigenvalue weighted by atomic mass is 31.0. The van der Waals surface area contributed by atoms with Gasteiger partial charge in [-0.05, 0) is 67.6 Å². The number of nitrogens with zero attached hydrogens (tertiary/aromatic N) is 3. The van der Waals surface area contributed by atoms with Gasteiger partial charge in [-0.2, -0.15) is 0 Å². The Hall–Kier alpha value is -5.11. The number of hydrogen-bond donors (Lipinski definition) is 0. The molecule has 0 radical (unpaired) electrons. The summed E-state index contributed by atoms with van der Waals surface area (Å²) in [6, 6.07) is 43.6. The van der Waals surface area contributed by atoms with E-state index in [1.165, 1.54) is 43.7 Å². The van der Waals surface area contributed by atoms with E-state index in [4.69, 9.17) is 9.97 Å². The number of aromatic nitrogens is 3. The Morgan fingerprint density at radius 2 is 1.25 bits per heavy atom. The van der Waals surface area contributed by atoms with Gasteiger partial charge < -0.3 is 4.57 Å². The smallest absolute Gasteiger partial charge is 0.161 e. The number of rotatable bonds is 4. The molecule has 0 aliphatic heterocycles. The quantitative estimate of drug-likeness (QED) is 0.192. The average molecular weight is 640 g/mol. The van der Waals surface area contributed by atoms with Crippen LogP contribution in [0.15, 0.2) is 121 Å². The van der Waals surface area contributed by atoms with Gasteiger partial charge in [0.2, 0.25) is 0 Å². The second-order valence-electron chi connectivity index (χ2n) is 12.8. The van der Waals surface area contributed by atoms with Crippen molar-refractivity contribution in [1.82, 2.24) is 14.5 Å². The van der Waals surface area contributed by atoms with Crippen molar-refractivity contribution in [3.63, 3.8) is 0 Å². The van der Waals surface area contributed by atoms with Crippen molar-refractivity contribution in [2.24, 2.45) is 0 Å². The Labute approximate surface area is 284 Å². The third-order valence-electron chi connectivity index (χ3n) is 9.66. The fourth-order valence-corrected chi connectivity index (χ4v) is 8.43. The van der Waals surface area contributed by atoms with Gasteiger partial charge in [0.25, 0.3) is 0 Å². The maximum atomic E-state index is 5.17. The van der Waals surface area contributed by atoms with Crippen molar-refractivity contribution >= 4 is 31.2 Å². The zero-order valence-electron chi connectivity index (χ0n) is 27.9. The lowest BCUT2D eigenvalue weighted by molar-refractivity contribution is 0.661. The Kier molecular flexibility index (Phi) is 7.66. The second kappa shape index (κ2) is 12.2. The monoisotopic (exact) mass is 639 g/mol. The van der Waals surface area contributed by atoms with Gasteiger partial charge in [-0.3, -0.25) is 0 Å². The van der Waals surface area contributed by atoms with Gasteiger partial charge >= 0.3 is 0 Å². The minimum atomic E-state index is -0.0580. The summed E-state index contributed by atoms with van der Waals surface area (Å²) in [4.78, 5) is 10.2. The van der Waals surface area contributed by atoms with Gasteiger partial charge in [0, 0.05) is 43.7 Å². The van der Waals surface area contributed by atoms with Gasteiger partial charge in [0.1, 0.15) is 10.9 Å². The average Bonchev–Trinajstić information content (AvgIpc) is 3.60. The van der Waals surface area contributed by atoms with Crippen molar-refractivity contribution in [1.29, 1.82) is 0 Å². The fraction of sp³-hybridized carbons (Fsp3) is 0.159. The van der Waals surface area contributed by atoms with E-state index in [1.807, 2.05) is 32.0 Å². The summed E-state index contributed by atoms with van der Waals surface area (Å²) in [5.41, 5.74) is 13.2. The molecule has 0 spiro atoms. The van der Waals surface area contributed by atoms with Crippen LogP contribution in [0.4, 0.5) is 0 Å². The van der Waals surface area contributed by atoms with E-state index in [1.54, 1.807) is 0 Å². The van der Waals surface area contributed by atoms with Crippen LogP contribution >= 0.6 is 8.19 Å². The Balaban J connectivity index is 0.00000165.